The Morgan fingerprint density at radius 3 is 2.47 bits per heavy atom. The second-order valence-corrected chi connectivity index (χ2v) is 4.78. The number of hydrogen-bond donors (Lipinski definition) is 3. The molecule has 1 unspecified atom stereocenters. The molecule has 0 saturated heterocycles. The second-order valence-electron chi connectivity index (χ2n) is 3.86. The average molecular weight is 330 g/mol. The van der Waals surface area contributed by atoms with Crippen LogP contribution in [0.1, 0.15) is 12.0 Å². The van der Waals surface area contributed by atoms with Crippen LogP contribution in [0, 0.1) is 0 Å². The lowest BCUT2D eigenvalue weighted by Crippen LogP contribution is -2.42. The molecule has 7 heteroatoms. The summed E-state index contributed by atoms with van der Waals surface area (Å²) in [5.74, 6) is -3.19. The van der Waals surface area contributed by atoms with E-state index in [4.69, 9.17) is 10.2 Å². The van der Waals surface area contributed by atoms with Gasteiger partial charge in [0.1, 0.15) is 6.04 Å². The van der Waals surface area contributed by atoms with Gasteiger partial charge in [-0.1, -0.05) is 28.1 Å². The summed E-state index contributed by atoms with van der Waals surface area (Å²) in [5.41, 5.74) is 0.700. The van der Waals surface area contributed by atoms with E-state index >= 15 is 0 Å². The topological polar surface area (TPSA) is 104 Å². The predicted molar refractivity (Wildman–Crippen MR) is 69.7 cm³/mol. The van der Waals surface area contributed by atoms with Crippen LogP contribution in [0.4, 0.5) is 0 Å². The van der Waals surface area contributed by atoms with E-state index in [9.17, 15) is 14.4 Å². The molecule has 1 atom stereocenters. The molecule has 0 aromatic heterocycles. The smallest absolute Gasteiger partial charge is 0.326 e. The van der Waals surface area contributed by atoms with Crippen molar-refractivity contribution in [2.24, 2.45) is 0 Å². The maximum atomic E-state index is 11.6. The molecule has 6 nitrogen and oxygen atoms in total. The van der Waals surface area contributed by atoms with Crippen LogP contribution in [0.2, 0.25) is 0 Å². The molecule has 0 bridgehead atoms. The summed E-state index contributed by atoms with van der Waals surface area (Å²) in [6.45, 7) is 0. The number of hydrogen-bond acceptors (Lipinski definition) is 3. The summed E-state index contributed by atoms with van der Waals surface area (Å²) in [4.78, 5) is 32.9. The lowest BCUT2D eigenvalue weighted by molar-refractivity contribution is -0.147. The first-order chi connectivity index (χ1) is 8.88. The van der Waals surface area contributed by atoms with E-state index in [1.807, 2.05) is 0 Å². The number of halogens is 1. The van der Waals surface area contributed by atoms with Crippen molar-refractivity contribution >= 4 is 33.8 Å². The van der Waals surface area contributed by atoms with Gasteiger partial charge in [-0.3, -0.25) is 9.59 Å². The molecule has 0 fully saturated rings. The fourth-order valence-electron chi connectivity index (χ4n) is 1.45. The molecule has 0 aliphatic rings. The number of carbonyl (C=O) groups excluding carboxylic acids is 1. The molecule has 0 aliphatic carbocycles. The molecule has 0 aliphatic heterocycles. The number of amides is 1. The number of benzene rings is 1. The zero-order chi connectivity index (χ0) is 14.4. The highest BCUT2D eigenvalue weighted by atomic mass is 79.9. The highest BCUT2D eigenvalue weighted by Crippen LogP contribution is 2.12. The molecule has 1 rings (SSSR count). The minimum atomic E-state index is -1.42. The number of carbonyl (C=O) groups is 3. The van der Waals surface area contributed by atoms with Gasteiger partial charge in [0, 0.05) is 4.47 Å². The summed E-state index contributed by atoms with van der Waals surface area (Å²) >= 11 is 3.26. The Morgan fingerprint density at radius 2 is 1.95 bits per heavy atom. The van der Waals surface area contributed by atoms with E-state index < -0.39 is 30.3 Å². The highest BCUT2D eigenvalue weighted by molar-refractivity contribution is 9.10. The third-order valence-corrected chi connectivity index (χ3v) is 2.76. The SMILES string of the molecule is O=C(O)CC(NC(=O)Cc1cccc(Br)c1)C(=O)O. The molecule has 0 radical (unpaired) electrons. The number of rotatable bonds is 6. The Labute approximate surface area is 117 Å². The van der Waals surface area contributed by atoms with Crippen LogP contribution in [0.5, 0.6) is 0 Å². The van der Waals surface area contributed by atoms with Gasteiger partial charge in [0.25, 0.3) is 0 Å². The molecule has 3 N–H and O–H groups in total. The van der Waals surface area contributed by atoms with Crippen molar-refractivity contribution in [2.45, 2.75) is 18.9 Å². The Kier molecular flexibility index (Phi) is 5.50. The van der Waals surface area contributed by atoms with Gasteiger partial charge in [0.05, 0.1) is 12.8 Å². The second kappa shape index (κ2) is 6.89. The largest absolute Gasteiger partial charge is 0.481 e. The third kappa shape index (κ3) is 5.52. The molecule has 1 aromatic rings. The van der Waals surface area contributed by atoms with Gasteiger partial charge >= 0.3 is 11.9 Å². The van der Waals surface area contributed by atoms with Crippen molar-refractivity contribution in [2.75, 3.05) is 0 Å². The van der Waals surface area contributed by atoms with Crippen molar-refractivity contribution in [3.8, 4) is 0 Å². The molecule has 19 heavy (non-hydrogen) atoms. The highest BCUT2D eigenvalue weighted by Gasteiger charge is 2.22. The van der Waals surface area contributed by atoms with Gasteiger partial charge in [-0.25, -0.2) is 4.79 Å². The van der Waals surface area contributed by atoms with Crippen LogP contribution < -0.4 is 5.32 Å². The fraction of sp³-hybridized carbons (Fsp3) is 0.250. The molecular formula is C12H12BrNO5. The van der Waals surface area contributed by atoms with Crippen LogP contribution in [-0.2, 0) is 20.8 Å². The van der Waals surface area contributed by atoms with Gasteiger partial charge < -0.3 is 15.5 Å². The molecule has 1 amide bonds. The van der Waals surface area contributed by atoms with E-state index in [2.05, 4.69) is 21.2 Å². The number of carboxylic acid groups (broad SMARTS) is 2. The van der Waals surface area contributed by atoms with Gasteiger partial charge in [-0.15, -0.1) is 0 Å². The van der Waals surface area contributed by atoms with Crippen molar-refractivity contribution in [1.82, 2.24) is 5.32 Å². The first-order valence-corrected chi connectivity index (χ1v) is 6.16. The van der Waals surface area contributed by atoms with E-state index in [0.717, 1.165) is 4.47 Å². The first-order valence-electron chi connectivity index (χ1n) is 5.37. The van der Waals surface area contributed by atoms with Crippen molar-refractivity contribution < 1.29 is 24.6 Å². The Bertz CT molecular complexity index is 503. The molecule has 1 aromatic carbocycles. The van der Waals surface area contributed by atoms with Crippen molar-refractivity contribution in [3.05, 3.63) is 34.3 Å². The fourth-order valence-corrected chi connectivity index (χ4v) is 1.90. The molecule has 0 saturated carbocycles. The molecule has 0 spiro atoms. The zero-order valence-corrected chi connectivity index (χ0v) is 11.4. The van der Waals surface area contributed by atoms with Gasteiger partial charge in [0.15, 0.2) is 0 Å². The maximum Gasteiger partial charge on any atom is 0.326 e. The standard InChI is InChI=1S/C12H12BrNO5/c13-8-3-1-2-7(4-8)5-10(15)14-9(12(18)19)6-11(16)17/h1-4,9H,5-6H2,(H,14,15)(H,16,17)(H,18,19). The van der Waals surface area contributed by atoms with E-state index in [-0.39, 0.29) is 6.42 Å². The molecule has 102 valence electrons. The first kappa shape index (κ1) is 15.2. The zero-order valence-electron chi connectivity index (χ0n) is 9.80. The number of nitrogens with one attached hydrogen (secondary N) is 1. The molecular weight excluding hydrogens is 318 g/mol. The Morgan fingerprint density at radius 1 is 1.26 bits per heavy atom. The van der Waals surface area contributed by atoms with Gasteiger partial charge in [0.2, 0.25) is 5.91 Å². The third-order valence-electron chi connectivity index (χ3n) is 2.27. The summed E-state index contributed by atoms with van der Waals surface area (Å²) in [6, 6.07) is 5.58. The summed E-state index contributed by atoms with van der Waals surface area (Å²) < 4.78 is 0.804. The summed E-state index contributed by atoms with van der Waals surface area (Å²) in [6.07, 6.45) is -0.664. The van der Waals surface area contributed by atoms with Crippen molar-refractivity contribution in [3.63, 3.8) is 0 Å². The van der Waals surface area contributed by atoms with Crippen molar-refractivity contribution in [1.29, 1.82) is 0 Å². The minimum absolute atomic E-state index is 0.0111. The van der Waals surface area contributed by atoms with Crippen LogP contribution in [0.15, 0.2) is 28.7 Å². The minimum Gasteiger partial charge on any atom is -0.481 e. The molecule has 0 heterocycles. The van der Waals surface area contributed by atoms with E-state index in [1.165, 1.54) is 0 Å². The predicted octanol–water partition coefficient (Wildman–Crippen LogP) is 1.04. The normalized spacial score (nSPS) is 11.6. The van der Waals surface area contributed by atoms with Crippen LogP contribution in [0.3, 0.4) is 0 Å². The van der Waals surface area contributed by atoms with E-state index in [1.54, 1.807) is 24.3 Å². The summed E-state index contributed by atoms with van der Waals surface area (Å²) in [7, 11) is 0. The quantitative estimate of drug-likeness (QED) is 0.723. The number of carboxylic acids is 2. The number of aliphatic carboxylic acids is 2. The van der Waals surface area contributed by atoms with Gasteiger partial charge in [-0.05, 0) is 17.7 Å². The maximum absolute atomic E-state index is 11.6. The lowest BCUT2D eigenvalue weighted by atomic mass is 10.1. The van der Waals surface area contributed by atoms with E-state index in [0.29, 0.717) is 5.56 Å². The Hall–Kier alpha value is -1.89. The monoisotopic (exact) mass is 329 g/mol. The van der Waals surface area contributed by atoms with Crippen LogP contribution in [0.25, 0.3) is 0 Å². The average Bonchev–Trinajstić information content (AvgIpc) is 2.27. The van der Waals surface area contributed by atoms with Crippen LogP contribution >= 0.6 is 15.9 Å². The van der Waals surface area contributed by atoms with Crippen LogP contribution in [-0.4, -0.2) is 34.1 Å². The lowest BCUT2D eigenvalue weighted by Gasteiger charge is -2.12. The summed E-state index contributed by atoms with van der Waals surface area (Å²) in [5, 5.41) is 19.5. The van der Waals surface area contributed by atoms with Gasteiger partial charge in [-0.2, -0.15) is 0 Å². The Balaban J connectivity index is 2.62.